The normalized spacial score (nSPS) is 16.7. The molecule has 0 unspecified atom stereocenters. The van der Waals surface area contributed by atoms with Crippen LogP contribution in [0, 0.1) is 0 Å². The lowest BCUT2D eigenvalue weighted by Gasteiger charge is -2.15. The van der Waals surface area contributed by atoms with Gasteiger partial charge in [-0.1, -0.05) is 60.1 Å². The number of rotatable bonds is 10. The molecule has 2 heterocycles. The second kappa shape index (κ2) is 13.2. The minimum absolute atomic E-state index is 0.00760. The number of carbonyl (C=O) groups excluding carboxylic acids is 4. The van der Waals surface area contributed by atoms with Crippen LogP contribution in [0.2, 0.25) is 0 Å². The summed E-state index contributed by atoms with van der Waals surface area (Å²) in [7, 11) is 0. The van der Waals surface area contributed by atoms with Crippen molar-refractivity contribution in [1.29, 1.82) is 0 Å². The van der Waals surface area contributed by atoms with Gasteiger partial charge < -0.3 is 20.8 Å². The molecule has 2 aromatic carbocycles. The predicted octanol–water partition coefficient (Wildman–Crippen LogP) is 3.37. The van der Waals surface area contributed by atoms with Gasteiger partial charge in [-0.2, -0.15) is 0 Å². The lowest BCUT2D eigenvalue weighted by molar-refractivity contribution is -0.125. The molecule has 12 nitrogen and oxygen atoms in total. The molecule has 0 aliphatic carbocycles. The Kier molecular flexibility index (Phi) is 9.72. The van der Waals surface area contributed by atoms with E-state index in [2.05, 4.69) is 10.6 Å². The lowest BCUT2D eigenvalue weighted by Crippen LogP contribution is -2.33. The van der Waals surface area contributed by atoms with E-state index in [1.165, 1.54) is 58.3 Å². The van der Waals surface area contributed by atoms with Crippen LogP contribution in [0.15, 0.2) is 58.3 Å². The van der Waals surface area contributed by atoms with Crippen molar-refractivity contribution < 1.29 is 39.0 Å². The molecule has 16 heteroatoms. The maximum absolute atomic E-state index is 13.1. The molecule has 2 aliphatic rings. The van der Waals surface area contributed by atoms with E-state index >= 15 is 0 Å². The Morgan fingerprint density at radius 2 is 1.07 bits per heavy atom. The fourth-order valence-electron chi connectivity index (χ4n) is 3.79. The van der Waals surface area contributed by atoms with Crippen molar-refractivity contribution >= 4 is 104 Å². The summed E-state index contributed by atoms with van der Waals surface area (Å²) in [6.45, 7) is -0.135. The van der Waals surface area contributed by atoms with Gasteiger partial charge in [-0.25, -0.2) is 9.59 Å². The molecule has 0 saturated carbocycles. The maximum atomic E-state index is 13.1. The number of nitrogens with one attached hydrogen (secondary N) is 2. The summed E-state index contributed by atoms with van der Waals surface area (Å²) in [5.74, 6) is -4.32. The van der Waals surface area contributed by atoms with Crippen LogP contribution in [0.1, 0.15) is 33.6 Å². The molecule has 42 heavy (non-hydrogen) atoms. The third-order valence-corrected chi connectivity index (χ3v) is 8.84. The molecule has 216 valence electrons. The van der Waals surface area contributed by atoms with Crippen molar-refractivity contribution in [3.8, 4) is 0 Å². The molecule has 0 aromatic heterocycles. The first-order valence-corrected chi connectivity index (χ1v) is 14.5. The zero-order valence-electron chi connectivity index (χ0n) is 21.3. The Morgan fingerprint density at radius 1 is 0.690 bits per heavy atom. The Bertz CT molecular complexity index is 1480. The van der Waals surface area contributed by atoms with Crippen LogP contribution in [-0.4, -0.2) is 77.3 Å². The Labute approximate surface area is 257 Å². The van der Waals surface area contributed by atoms with E-state index in [9.17, 15) is 28.8 Å². The standard InChI is InChI=1S/C26H20N4O8S4/c31-17(27-15-5-1-3-13(11-15)23(35)36)7-9-29-21(33)19(41-25(29)39)20-22(34)30(26(40)42-20)10-8-18(32)28-16-6-2-4-14(12-16)24(37)38/h1-6,11-12H,7-10H2,(H,27,31)(H,28,32)(H,35,36)(H,37,38)/b20-19+. The monoisotopic (exact) mass is 644 g/mol. The number of amides is 4. The first-order valence-electron chi connectivity index (χ1n) is 12.0. The average molecular weight is 645 g/mol. The summed E-state index contributed by atoms with van der Waals surface area (Å²) in [5, 5.41) is 23.4. The molecule has 4 N–H and O–H groups in total. The fraction of sp³-hybridized carbons (Fsp3) is 0.154. The Balaban J connectivity index is 1.34. The number of benzene rings is 2. The van der Waals surface area contributed by atoms with E-state index in [0.717, 1.165) is 23.5 Å². The zero-order valence-corrected chi connectivity index (χ0v) is 24.6. The zero-order chi connectivity index (χ0) is 30.6. The summed E-state index contributed by atoms with van der Waals surface area (Å²) in [4.78, 5) is 75.9. The number of thioether (sulfide) groups is 2. The number of nitrogens with zero attached hydrogens (tertiary/aromatic N) is 2. The number of aromatic carboxylic acids is 2. The molecule has 2 fully saturated rings. The highest BCUT2D eigenvalue weighted by molar-refractivity contribution is 8.29. The van der Waals surface area contributed by atoms with E-state index in [-0.39, 0.29) is 66.9 Å². The van der Waals surface area contributed by atoms with Crippen LogP contribution < -0.4 is 10.6 Å². The third kappa shape index (κ3) is 7.20. The molecular weight excluding hydrogens is 625 g/mol. The van der Waals surface area contributed by atoms with Crippen molar-refractivity contribution in [2.75, 3.05) is 23.7 Å². The molecule has 0 radical (unpaired) electrons. The highest BCUT2D eigenvalue weighted by Crippen LogP contribution is 2.42. The number of anilines is 2. The maximum Gasteiger partial charge on any atom is 0.335 e. The molecule has 0 bridgehead atoms. The number of carboxylic acid groups (broad SMARTS) is 2. The van der Waals surface area contributed by atoms with Crippen LogP contribution in [0.3, 0.4) is 0 Å². The predicted molar refractivity (Wildman–Crippen MR) is 164 cm³/mol. The second-order valence-corrected chi connectivity index (χ2v) is 12.0. The fourth-order valence-corrected chi connectivity index (χ4v) is 6.56. The minimum atomic E-state index is -1.14. The molecule has 2 aromatic rings. The third-order valence-electron chi connectivity index (χ3n) is 5.82. The van der Waals surface area contributed by atoms with Gasteiger partial charge in [-0.05, 0) is 36.4 Å². The summed E-state index contributed by atoms with van der Waals surface area (Å²) in [6, 6.07) is 11.4. The highest BCUT2D eigenvalue weighted by Gasteiger charge is 2.42. The van der Waals surface area contributed by atoms with Crippen molar-refractivity contribution in [2.45, 2.75) is 12.8 Å². The first kappa shape index (κ1) is 30.8. The molecular formula is C26H20N4O8S4. The van der Waals surface area contributed by atoms with Crippen molar-refractivity contribution in [3.63, 3.8) is 0 Å². The number of hydrogen-bond donors (Lipinski definition) is 4. The largest absolute Gasteiger partial charge is 0.478 e. The van der Waals surface area contributed by atoms with Crippen molar-refractivity contribution in [2.24, 2.45) is 0 Å². The molecule has 4 rings (SSSR count). The van der Waals surface area contributed by atoms with Gasteiger partial charge in [0.1, 0.15) is 8.64 Å². The lowest BCUT2D eigenvalue weighted by atomic mass is 10.2. The summed E-state index contributed by atoms with van der Waals surface area (Å²) >= 11 is 12.4. The van der Waals surface area contributed by atoms with Gasteiger partial charge in [-0.15, -0.1) is 0 Å². The van der Waals surface area contributed by atoms with Crippen molar-refractivity contribution in [1.82, 2.24) is 9.80 Å². The van der Waals surface area contributed by atoms with E-state index in [4.69, 9.17) is 34.6 Å². The summed E-state index contributed by atoms with van der Waals surface area (Å²) in [5.41, 5.74) is 0.592. The molecule has 0 atom stereocenters. The quantitative estimate of drug-likeness (QED) is 0.220. The van der Waals surface area contributed by atoms with E-state index < -0.39 is 35.6 Å². The Morgan fingerprint density at radius 3 is 1.43 bits per heavy atom. The number of carbonyl (C=O) groups is 6. The van der Waals surface area contributed by atoms with Crippen LogP contribution in [0.25, 0.3) is 0 Å². The Hall–Kier alpha value is -4.12. The van der Waals surface area contributed by atoms with Gasteiger partial charge >= 0.3 is 11.9 Å². The SMILES string of the molecule is O=C(CCN1C(=O)/C(=C2\SC(=S)N(CCC(=O)Nc3cccc(C(=O)O)c3)C2=O)SC1=S)Nc1cccc(C(=O)O)c1. The minimum Gasteiger partial charge on any atom is -0.478 e. The molecule has 4 amide bonds. The average Bonchev–Trinajstić information content (AvgIpc) is 3.38. The smallest absolute Gasteiger partial charge is 0.335 e. The summed E-state index contributed by atoms with van der Waals surface area (Å²) < 4.78 is 0.313. The van der Waals surface area contributed by atoms with Crippen molar-refractivity contribution in [3.05, 3.63) is 69.5 Å². The number of carboxylic acids is 2. The number of thiocarbonyl (C=S) groups is 2. The van der Waals surface area contributed by atoms with Crippen LogP contribution >= 0.6 is 48.0 Å². The highest BCUT2D eigenvalue weighted by atomic mass is 32.2. The second-order valence-electron chi connectivity index (χ2n) is 8.68. The van der Waals surface area contributed by atoms with E-state index in [1.54, 1.807) is 0 Å². The van der Waals surface area contributed by atoms with Crippen LogP contribution in [-0.2, 0) is 19.2 Å². The van der Waals surface area contributed by atoms with E-state index in [0.29, 0.717) is 0 Å². The summed E-state index contributed by atoms with van der Waals surface area (Å²) in [6.07, 6.45) is -0.273. The van der Waals surface area contributed by atoms with E-state index in [1.807, 2.05) is 0 Å². The van der Waals surface area contributed by atoms with Gasteiger partial charge in [0.15, 0.2) is 0 Å². The molecule has 2 aliphatic heterocycles. The van der Waals surface area contributed by atoms with Gasteiger partial charge in [0.25, 0.3) is 11.8 Å². The van der Waals surface area contributed by atoms with Gasteiger partial charge in [0.05, 0.1) is 20.9 Å². The van der Waals surface area contributed by atoms with Gasteiger partial charge in [-0.3, -0.25) is 29.0 Å². The van der Waals surface area contributed by atoms with Crippen LogP contribution in [0.5, 0.6) is 0 Å². The molecule has 0 spiro atoms. The van der Waals surface area contributed by atoms with Gasteiger partial charge in [0, 0.05) is 37.3 Å². The van der Waals surface area contributed by atoms with Crippen LogP contribution in [0.4, 0.5) is 11.4 Å². The van der Waals surface area contributed by atoms with Gasteiger partial charge in [0.2, 0.25) is 11.8 Å². The first-order chi connectivity index (χ1) is 19.9. The number of hydrogen-bond acceptors (Lipinski definition) is 10. The topological polar surface area (TPSA) is 173 Å². The molecule has 2 saturated heterocycles.